The number of rotatable bonds is 10. The van der Waals surface area contributed by atoms with Crippen molar-refractivity contribution in [1.29, 1.82) is 0 Å². The molecule has 1 aromatic rings. The van der Waals surface area contributed by atoms with E-state index in [0.29, 0.717) is 30.0 Å². The smallest absolute Gasteiger partial charge is 0.251 e. The van der Waals surface area contributed by atoms with Gasteiger partial charge in [-0.25, -0.2) is 0 Å². The van der Waals surface area contributed by atoms with Crippen molar-refractivity contribution in [2.75, 3.05) is 20.8 Å². The first-order chi connectivity index (χ1) is 11.1. The normalized spacial score (nSPS) is 11.2. The molecule has 0 aliphatic rings. The average Bonchev–Trinajstić information content (AvgIpc) is 2.57. The molecule has 0 spiro atoms. The van der Waals surface area contributed by atoms with Gasteiger partial charge in [0.15, 0.2) is 11.5 Å². The number of unbranched alkanes of at least 4 members (excludes halogenated alkanes) is 1. The van der Waals surface area contributed by atoms with Crippen molar-refractivity contribution in [3.05, 3.63) is 35.9 Å². The van der Waals surface area contributed by atoms with Gasteiger partial charge in [-0.05, 0) is 25.0 Å². The topological polar surface area (TPSA) is 73.6 Å². The van der Waals surface area contributed by atoms with E-state index in [4.69, 9.17) is 15.2 Å². The number of ether oxygens (including phenoxy) is 2. The van der Waals surface area contributed by atoms with E-state index in [1.807, 2.05) is 6.07 Å². The van der Waals surface area contributed by atoms with Crippen LogP contribution in [0.25, 0.3) is 0 Å². The van der Waals surface area contributed by atoms with E-state index < -0.39 is 0 Å². The molecule has 0 saturated heterocycles. The van der Waals surface area contributed by atoms with Crippen LogP contribution in [0.15, 0.2) is 24.8 Å². The summed E-state index contributed by atoms with van der Waals surface area (Å²) in [6, 6.07) is 3.48. The van der Waals surface area contributed by atoms with Gasteiger partial charge in [-0.3, -0.25) is 4.79 Å². The molecule has 0 saturated carbocycles. The molecule has 6 heteroatoms. The van der Waals surface area contributed by atoms with Crippen molar-refractivity contribution in [1.82, 2.24) is 5.32 Å². The van der Waals surface area contributed by atoms with Crippen molar-refractivity contribution >= 4 is 18.3 Å². The number of methoxy groups -OCH3 is 2. The highest BCUT2D eigenvalue weighted by Gasteiger charge is 2.17. The highest BCUT2D eigenvalue weighted by molar-refractivity contribution is 5.95. The number of allylic oxidation sites excluding steroid dienone is 1. The Kier molecular flexibility index (Phi) is 10.9. The number of amides is 1. The van der Waals surface area contributed by atoms with Crippen LogP contribution < -0.4 is 20.5 Å². The summed E-state index contributed by atoms with van der Waals surface area (Å²) < 4.78 is 10.7. The second kappa shape index (κ2) is 11.8. The summed E-state index contributed by atoms with van der Waals surface area (Å²) >= 11 is 0. The maximum atomic E-state index is 12.5. The average molecular weight is 357 g/mol. The van der Waals surface area contributed by atoms with Gasteiger partial charge in [0.1, 0.15) is 0 Å². The number of nitrogens with two attached hydrogens (primary N) is 1. The SMILES string of the molecule is C=CCc1cc(C(=O)NC(CN)CCCC)cc(OC)c1OC.Cl. The Morgan fingerprint density at radius 3 is 2.58 bits per heavy atom. The highest BCUT2D eigenvalue weighted by Crippen LogP contribution is 2.33. The molecule has 24 heavy (non-hydrogen) atoms. The Morgan fingerprint density at radius 2 is 2.08 bits per heavy atom. The molecular weight excluding hydrogens is 328 g/mol. The van der Waals surface area contributed by atoms with Crippen molar-refractivity contribution in [2.24, 2.45) is 5.73 Å². The van der Waals surface area contributed by atoms with Gasteiger partial charge in [-0.2, -0.15) is 0 Å². The molecule has 136 valence electrons. The maximum absolute atomic E-state index is 12.5. The maximum Gasteiger partial charge on any atom is 0.251 e. The molecule has 0 heterocycles. The molecule has 0 aliphatic carbocycles. The van der Waals surface area contributed by atoms with E-state index in [9.17, 15) is 4.79 Å². The first-order valence-corrected chi connectivity index (χ1v) is 7.97. The zero-order valence-electron chi connectivity index (χ0n) is 14.8. The van der Waals surface area contributed by atoms with E-state index >= 15 is 0 Å². The molecule has 1 unspecified atom stereocenters. The zero-order valence-corrected chi connectivity index (χ0v) is 15.6. The van der Waals surface area contributed by atoms with Crippen molar-refractivity contribution in [2.45, 2.75) is 38.6 Å². The predicted molar refractivity (Wildman–Crippen MR) is 101 cm³/mol. The standard InChI is InChI=1S/C18H28N2O3.ClH/c1-5-7-9-15(12-19)20-18(21)14-10-13(8-6-2)17(23-4)16(11-14)22-3;/h6,10-11,15H,2,5,7-9,12,19H2,1,3-4H3,(H,20,21);1H. The molecule has 3 N–H and O–H groups in total. The van der Waals surface area contributed by atoms with Crippen molar-refractivity contribution < 1.29 is 14.3 Å². The molecule has 1 atom stereocenters. The number of benzene rings is 1. The van der Waals surface area contributed by atoms with Gasteiger partial charge in [-0.1, -0.05) is 25.8 Å². The number of carbonyl (C=O) groups is 1. The summed E-state index contributed by atoms with van der Waals surface area (Å²) in [6.07, 6.45) is 5.35. The molecule has 0 fully saturated rings. The predicted octanol–water partition coefficient (Wildman–Crippen LogP) is 3.10. The Bertz CT molecular complexity index is 535. The summed E-state index contributed by atoms with van der Waals surface area (Å²) in [5.41, 5.74) is 7.15. The van der Waals surface area contributed by atoms with Crippen LogP contribution >= 0.6 is 12.4 Å². The van der Waals surface area contributed by atoms with E-state index in [1.165, 1.54) is 0 Å². The largest absolute Gasteiger partial charge is 0.493 e. The van der Waals surface area contributed by atoms with Crippen LogP contribution in [0, 0.1) is 0 Å². The fraction of sp³-hybridized carbons (Fsp3) is 0.500. The molecule has 0 bridgehead atoms. The van der Waals surface area contributed by atoms with E-state index in [2.05, 4.69) is 18.8 Å². The Morgan fingerprint density at radius 1 is 1.38 bits per heavy atom. The number of nitrogens with one attached hydrogen (secondary N) is 1. The quantitative estimate of drug-likeness (QED) is 0.632. The Hall–Kier alpha value is -1.72. The molecule has 1 rings (SSSR count). The zero-order chi connectivity index (χ0) is 17.2. The van der Waals surface area contributed by atoms with Crippen LogP contribution in [0.2, 0.25) is 0 Å². The third kappa shape index (κ3) is 6.06. The number of hydrogen-bond donors (Lipinski definition) is 2. The van der Waals surface area contributed by atoms with E-state index in [-0.39, 0.29) is 24.4 Å². The third-order valence-corrected chi connectivity index (χ3v) is 3.71. The lowest BCUT2D eigenvalue weighted by Gasteiger charge is -2.18. The lowest BCUT2D eigenvalue weighted by Crippen LogP contribution is -2.40. The number of carbonyl (C=O) groups excluding carboxylic acids is 1. The van der Waals surface area contributed by atoms with Gasteiger partial charge in [0.05, 0.1) is 14.2 Å². The second-order valence-corrected chi connectivity index (χ2v) is 5.41. The Balaban J connectivity index is 0.00000529. The number of hydrogen-bond acceptors (Lipinski definition) is 4. The van der Waals surface area contributed by atoms with Gasteiger partial charge in [0.25, 0.3) is 5.91 Å². The van der Waals surface area contributed by atoms with Gasteiger partial charge in [0, 0.05) is 23.7 Å². The summed E-state index contributed by atoms with van der Waals surface area (Å²) in [6.45, 7) is 6.29. The monoisotopic (exact) mass is 356 g/mol. The van der Waals surface area contributed by atoms with Crippen LogP contribution in [-0.4, -0.2) is 32.7 Å². The van der Waals surface area contributed by atoms with Crippen LogP contribution in [0.3, 0.4) is 0 Å². The third-order valence-electron chi connectivity index (χ3n) is 3.71. The molecule has 1 amide bonds. The molecule has 0 aromatic heterocycles. The minimum absolute atomic E-state index is 0. The lowest BCUT2D eigenvalue weighted by atomic mass is 10.0. The molecule has 0 radical (unpaired) electrons. The van der Waals surface area contributed by atoms with Crippen LogP contribution in [-0.2, 0) is 6.42 Å². The van der Waals surface area contributed by atoms with Gasteiger partial charge in [0.2, 0.25) is 0 Å². The fourth-order valence-electron chi connectivity index (χ4n) is 2.45. The van der Waals surface area contributed by atoms with Gasteiger partial charge >= 0.3 is 0 Å². The minimum Gasteiger partial charge on any atom is -0.493 e. The minimum atomic E-state index is -0.150. The molecule has 0 aliphatic heterocycles. The van der Waals surface area contributed by atoms with Crippen molar-refractivity contribution in [3.8, 4) is 11.5 Å². The van der Waals surface area contributed by atoms with Gasteiger partial charge < -0.3 is 20.5 Å². The second-order valence-electron chi connectivity index (χ2n) is 5.41. The van der Waals surface area contributed by atoms with Crippen LogP contribution in [0.5, 0.6) is 11.5 Å². The van der Waals surface area contributed by atoms with E-state index in [0.717, 1.165) is 24.8 Å². The Labute approximate surface area is 151 Å². The van der Waals surface area contributed by atoms with Crippen LogP contribution in [0.4, 0.5) is 0 Å². The van der Waals surface area contributed by atoms with Gasteiger partial charge in [-0.15, -0.1) is 19.0 Å². The molecular formula is C18H29ClN2O3. The summed E-state index contributed by atoms with van der Waals surface area (Å²) in [7, 11) is 3.14. The number of halogens is 1. The summed E-state index contributed by atoms with van der Waals surface area (Å²) in [5, 5.41) is 2.99. The lowest BCUT2D eigenvalue weighted by molar-refractivity contribution is 0.0935. The van der Waals surface area contributed by atoms with E-state index in [1.54, 1.807) is 26.4 Å². The fourth-order valence-corrected chi connectivity index (χ4v) is 2.45. The first-order valence-electron chi connectivity index (χ1n) is 7.97. The van der Waals surface area contributed by atoms with Crippen molar-refractivity contribution in [3.63, 3.8) is 0 Å². The molecule has 5 nitrogen and oxygen atoms in total. The van der Waals surface area contributed by atoms with Crippen LogP contribution in [0.1, 0.15) is 42.1 Å². The summed E-state index contributed by atoms with van der Waals surface area (Å²) in [4.78, 5) is 12.5. The highest BCUT2D eigenvalue weighted by atomic mass is 35.5. The first kappa shape index (κ1) is 22.3. The summed E-state index contributed by atoms with van der Waals surface area (Å²) in [5.74, 6) is 1.02. The molecule has 1 aromatic carbocycles.